The fourth-order valence-corrected chi connectivity index (χ4v) is 3.76. The average molecular weight is 368 g/mol. The zero-order valence-electron chi connectivity index (χ0n) is 17.3. The van der Waals surface area contributed by atoms with E-state index < -0.39 is 0 Å². The molecule has 0 amide bonds. The smallest absolute Gasteiger partial charge is 0.301 e. The lowest BCUT2D eigenvalue weighted by Crippen LogP contribution is -2.24. The fraction of sp³-hybridized carbons (Fsp3) is 0.476. The van der Waals surface area contributed by atoms with Crippen LogP contribution in [0.15, 0.2) is 16.9 Å². The number of nitrogens with zero attached hydrogens (tertiary/aromatic N) is 4. The molecule has 0 bridgehead atoms. The molecule has 3 rings (SSSR count). The molecule has 6 heteroatoms. The van der Waals surface area contributed by atoms with Gasteiger partial charge in [-0.15, -0.1) is 0 Å². The van der Waals surface area contributed by atoms with Crippen LogP contribution in [-0.4, -0.2) is 25.4 Å². The van der Waals surface area contributed by atoms with E-state index in [4.69, 9.17) is 4.74 Å². The summed E-state index contributed by atoms with van der Waals surface area (Å²) in [6.07, 6.45) is 1.75. The van der Waals surface area contributed by atoms with Gasteiger partial charge in [-0.25, -0.2) is 0 Å². The Bertz CT molecular complexity index is 1040. The van der Waals surface area contributed by atoms with Crippen molar-refractivity contribution in [3.8, 4) is 17.3 Å². The second-order valence-corrected chi connectivity index (χ2v) is 7.26. The molecule has 144 valence electrons. The Morgan fingerprint density at radius 3 is 2.22 bits per heavy atom. The van der Waals surface area contributed by atoms with Gasteiger partial charge in [0.15, 0.2) is 5.65 Å². The summed E-state index contributed by atoms with van der Waals surface area (Å²) in [5.41, 5.74) is 5.58. The van der Waals surface area contributed by atoms with E-state index in [1.54, 1.807) is 11.7 Å². The highest BCUT2D eigenvalue weighted by molar-refractivity contribution is 5.92. The first-order chi connectivity index (χ1) is 12.8. The maximum atomic E-state index is 13.2. The Morgan fingerprint density at radius 1 is 1.07 bits per heavy atom. The number of aryl methyl sites for hydroxylation is 4. The van der Waals surface area contributed by atoms with E-state index in [1.165, 1.54) is 10.1 Å². The number of hydrogen-bond donors (Lipinski definition) is 0. The number of benzene rings is 1. The highest BCUT2D eigenvalue weighted by atomic mass is 16.5. The third-order valence-electron chi connectivity index (χ3n) is 5.13. The van der Waals surface area contributed by atoms with Gasteiger partial charge >= 0.3 is 6.01 Å². The molecule has 0 aliphatic rings. The summed E-state index contributed by atoms with van der Waals surface area (Å²) in [5, 5.41) is 5.06. The Kier molecular flexibility index (Phi) is 5.09. The maximum absolute atomic E-state index is 13.2. The van der Waals surface area contributed by atoms with Gasteiger partial charge < -0.3 is 4.74 Å². The Hall–Kier alpha value is -2.63. The van der Waals surface area contributed by atoms with Gasteiger partial charge in [0, 0.05) is 19.7 Å². The molecular weight excluding hydrogens is 340 g/mol. The molecule has 1 aromatic carbocycles. The third kappa shape index (κ3) is 3.24. The van der Waals surface area contributed by atoms with Crippen molar-refractivity contribution in [2.24, 2.45) is 14.1 Å². The minimum atomic E-state index is -0.136. The summed E-state index contributed by atoms with van der Waals surface area (Å²) in [4.78, 5) is 17.8. The highest BCUT2D eigenvalue weighted by Gasteiger charge is 2.22. The lowest BCUT2D eigenvalue weighted by molar-refractivity contribution is 0.168. The predicted octanol–water partition coefficient (Wildman–Crippen LogP) is 3.83. The lowest BCUT2D eigenvalue weighted by Gasteiger charge is -2.16. The van der Waals surface area contributed by atoms with Crippen LogP contribution in [0.2, 0.25) is 0 Å². The molecule has 0 unspecified atom stereocenters. The topological polar surface area (TPSA) is 61.9 Å². The average Bonchev–Trinajstić information content (AvgIpc) is 2.92. The van der Waals surface area contributed by atoms with E-state index in [2.05, 4.69) is 56.8 Å². The van der Waals surface area contributed by atoms with Crippen LogP contribution < -0.4 is 10.3 Å². The van der Waals surface area contributed by atoms with Crippen LogP contribution in [0.1, 0.15) is 43.4 Å². The molecule has 2 aromatic heterocycles. The molecule has 0 aliphatic carbocycles. The predicted molar refractivity (Wildman–Crippen MR) is 108 cm³/mol. The summed E-state index contributed by atoms with van der Waals surface area (Å²) in [7, 11) is 3.56. The van der Waals surface area contributed by atoms with Gasteiger partial charge in [-0.3, -0.25) is 14.0 Å². The molecule has 3 aromatic rings. The Labute approximate surface area is 159 Å². The summed E-state index contributed by atoms with van der Waals surface area (Å²) < 4.78 is 9.20. The second kappa shape index (κ2) is 7.18. The van der Waals surface area contributed by atoms with E-state index in [9.17, 15) is 4.79 Å². The zero-order valence-corrected chi connectivity index (χ0v) is 17.3. The molecule has 6 nitrogen and oxygen atoms in total. The van der Waals surface area contributed by atoms with Gasteiger partial charge in [0.05, 0.1) is 5.69 Å². The molecule has 27 heavy (non-hydrogen) atoms. The van der Waals surface area contributed by atoms with Crippen LogP contribution in [0.5, 0.6) is 6.01 Å². The lowest BCUT2D eigenvalue weighted by atomic mass is 9.96. The maximum Gasteiger partial charge on any atom is 0.301 e. The van der Waals surface area contributed by atoms with E-state index in [0.717, 1.165) is 35.2 Å². The summed E-state index contributed by atoms with van der Waals surface area (Å²) in [5.74, 6) is 0. The van der Waals surface area contributed by atoms with Crippen molar-refractivity contribution in [3.05, 3.63) is 39.2 Å². The van der Waals surface area contributed by atoms with E-state index >= 15 is 0 Å². The first-order valence-electron chi connectivity index (χ1n) is 9.47. The number of aromatic nitrogens is 4. The Morgan fingerprint density at radius 2 is 1.67 bits per heavy atom. The van der Waals surface area contributed by atoms with Gasteiger partial charge in [-0.1, -0.05) is 31.5 Å². The van der Waals surface area contributed by atoms with Gasteiger partial charge in [0.25, 0.3) is 5.56 Å². The number of rotatable bonds is 5. The van der Waals surface area contributed by atoms with Crippen molar-refractivity contribution in [3.63, 3.8) is 0 Å². The van der Waals surface area contributed by atoms with Crippen molar-refractivity contribution in [1.29, 1.82) is 0 Å². The third-order valence-corrected chi connectivity index (χ3v) is 5.13. The minimum absolute atomic E-state index is 0.0327. The second-order valence-electron chi connectivity index (χ2n) is 7.26. The molecule has 0 fully saturated rings. The zero-order chi connectivity index (χ0) is 19.9. The molecule has 0 N–H and O–H groups in total. The van der Waals surface area contributed by atoms with E-state index in [1.807, 2.05) is 7.05 Å². The van der Waals surface area contributed by atoms with Crippen molar-refractivity contribution in [2.75, 3.05) is 0 Å². The van der Waals surface area contributed by atoms with Crippen LogP contribution in [0.3, 0.4) is 0 Å². The van der Waals surface area contributed by atoms with Crippen LogP contribution in [0.4, 0.5) is 0 Å². The SMILES string of the molecule is CCC(CC)Oc1nc2nn(C)c(-c3c(C)cc(C)cc3C)c2c(=O)n1C. The largest absolute Gasteiger partial charge is 0.461 e. The molecule has 0 saturated carbocycles. The number of ether oxygens (including phenoxy) is 1. The summed E-state index contributed by atoms with van der Waals surface area (Å²) >= 11 is 0. The highest BCUT2D eigenvalue weighted by Crippen LogP contribution is 2.32. The normalized spacial score (nSPS) is 11.6. The molecule has 0 spiro atoms. The molecule has 0 saturated heterocycles. The molecular formula is C21H28N4O2. The van der Waals surface area contributed by atoms with Gasteiger partial charge in [0.2, 0.25) is 0 Å². The van der Waals surface area contributed by atoms with E-state index in [0.29, 0.717) is 17.0 Å². The quantitative estimate of drug-likeness (QED) is 0.687. The van der Waals surface area contributed by atoms with Gasteiger partial charge in [0.1, 0.15) is 11.5 Å². The number of fused-ring (bicyclic) bond motifs is 1. The van der Waals surface area contributed by atoms with Crippen molar-refractivity contribution < 1.29 is 4.74 Å². The van der Waals surface area contributed by atoms with Crippen LogP contribution in [-0.2, 0) is 14.1 Å². The van der Waals surface area contributed by atoms with Crippen molar-refractivity contribution in [1.82, 2.24) is 19.3 Å². The monoisotopic (exact) mass is 368 g/mol. The minimum Gasteiger partial charge on any atom is -0.461 e. The summed E-state index contributed by atoms with van der Waals surface area (Å²) in [6, 6.07) is 4.58. The van der Waals surface area contributed by atoms with Crippen molar-refractivity contribution in [2.45, 2.75) is 53.6 Å². The molecule has 0 aliphatic heterocycles. The van der Waals surface area contributed by atoms with E-state index in [-0.39, 0.29) is 11.7 Å². The summed E-state index contributed by atoms with van der Waals surface area (Å²) in [6.45, 7) is 10.3. The molecule has 0 radical (unpaired) electrons. The Balaban J connectivity index is 2.28. The number of hydrogen-bond acceptors (Lipinski definition) is 4. The van der Waals surface area contributed by atoms with Gasteiger partial charge in [-0.2, -0.15) is 10.1 Å². The van der Waals surface area contributed by atoms with Crippen molar-refractivity contribution >= 4 is 11.0 Å². The first kappa shape index (κ1) is 19.1. The van der Waals surface area contributed by atoms with Crippen LogP contribution in [0, 0.1) is 20.8 Å². The first-order valence-corrected chi connectivity index (χ1v) is 9.47. The standard InChI is InChI=1S/C21H28N4O2/c1-8-15(9-2)27-21-22-19-17(20(26)24(21)6)18(25(7)23-19)16-13(4)10-12(3)11-14(16)5/h10-11,15H,8-9H2,1-7H3. The van der Waals surface area contributed by atoms with Crippen LogP contribution >= 0.6 is 0 Å². The van der Waals surface area contributed by atoms with Gasteiger partial charge in [-0.05, 0) is 44.7 Å². The fourth-order valence-electron chi connectivity index (χ4n) is 3.76. The van der Waals surface area contributed by atoms with Crippen LogP contribution in [0.25, 0.3) is 22.3 Å². The molecule has 0 atom stereocenters. The molecule has 2 heterocycles.